The van der Waals surface area contributed by atoms with E-state index in [-0.39, 0.29) is 5.75 Å². The Kier molecular flexibility index (Phi) is 3.95. The molecule has 1 amide bonds. The van der Waals surface area contributed by atoms with Crippen molar-refractivity contribution in [1.29, 1.82) is 0 Å². The van der Waals surface area contributed by atoms with Crippen molar-refractivity contribution in [1.82, 2.24) is 5.43 Å². The molecule has 0 spiro atoms. The number of carbonyl (C=O) groups excluding carboxylic acids is 1. The van der Waals surface area contributed by atoms with Crippen molar-refractivity contribution < 1.29 is 18.3 Å². The van der Waals surface area contributed by atoms with E-state index in [1.54, 1.807) is 12.1 Å². The standard InChI is InChI=1S/C14H12F2N2O2/c15-14(16,13(19)18-17)20-12-8-6-11(7-9-12)10-4-2-1-3-5-10/h1-9H,17H2,(H,18,19). The quantitative estimate of drug-likeness (QED) is 0.512. The Labute approximate surface area is 114 Å². The van der Waals surface area contributed by atoms with Crippen LogP contribution in [0.15, 0.2) is 54.6 Å². The summed E-state index contributed by atoms with van der Waals surface area (Å²) in [5.41, 5.74) is 3.15. The fraction of sp³-hybridized carbons (Fsp3) is 0.0714. The molecule has 0 aliphatic carbocycles. The molecule has 0 radical (unpaired) electrons. The molecule has 0 aliphatic rings. The summed E-state index contributed by atoms with van der Waals surface area (Å²) in [7, 11) is 0. The van der Waals surface area contributed by atoms with Crippen LogP contribution in [0.2, 0.25) is 0 Å². The van der Waals surface area contributed by atoms with Gasteiger partial charge in [0, 0.05) is 0 Å². The second kappa shape index (κ2) is 5.66. The van der Waals surface area contributed by atoms with Crippen LogP contribution >= 0.6 is 0 Å². The number of benzene rings is 2. The molecule has 0 heterocycles. The molecule has 0 atom stereocenters. The molecular weight excluding hydrogens is 266 g/mol. The first-order valence-corrected chi connectivity index (χ1v) is 5.76. The van der Waals surface area contributed by atoms with E-state index < -0.39 is 12.0 Å². The molecule has 2 rings (SSSR count). The molecule has 0 unspecified atom stereocenters. The lowest BCUT2D eigenvalue weighted by atomic mass is 10.1. The topological polar surface area (TPSA) is 64.3 Å². The lowest BCUT2D eigenvalue weighted by Gasteiger charge is -2.15. The summed E-state index contributed by atoms with van der Waals surface area (Å²) in [4.78, 5) is 10.8. The molecule has 6 heteroatoms. The highest BCUT2D eigenvalue weighted by molar-refractivity contribution is 5.81. The summed E-state index contributed by atoms with van der Waals surface area (Å²) < 4.78 is 30.7. The number of nitrogens with one attached hydrogen (secondary N) is 1. The number of amides is 1. The molecule has 2 aromatic rings. The van der Waals surface area contributed by atoms with Crippen LogP contribution < -0.4 is 16.0 Å². The summed E-state index contributed by atoms with van der Waals surface area (Å²) >= 11 is 0. The fourth-order valence-electron chi connectivity index (χ4n) is 1.62. The van der Waals surface area contributed by atoms with E-state index in [1.807, 2.05) is 30.3 Å². The number of hydrogen-bond donors (Lipinski definition) is 2. The zero-order valence-corrected chi connectivity index (χ0v) is 10.3. The monoisotopic (exact) mass is 278 g/mol. The molecule has 20 heavy (non-hydrogen) atoms. The van der Waals surface area contributed by atoms with Crippen LogP contribution in [0.5, 0.6) is 5.75 Å². The van der Waals surface area contributed by atoms with E-state index in [9.17, 15) is 13.6 Å². The maximum atomic E-state index is 13.2. The summed E-state index contributed by atoms with van der Waals surface area (Å²) in [6, 6.07) is 15.4. The van der Waals surface area contributed by atoms with E-state index in [4.69, 9.17) is 0 Å². The SMILES string of the molecule is NNC(=O)C(F)(F)Oc1ccc(-c2ccccc2)cc1. The number of hydrogen-bond acceptors (Lipinski definition) is 3. The first-order chi connectivity index (χ1) is 9.53. The van der Waals surface area contributed by atoms with Gasteiger partial charge in [0.15, 0.2) is 0 Å². The highest BCUT2D eigenvalue weighted by Crippen LogP contribution is 2.25. The predicted molar refractivity (Wildman–Crippen MR) is 69.8 cm³/mol. The van der Waals surface area contributed by atoms with Gasteiger partial charge in [-0.15, -0.1) is 0 Å². The van der Waals surface area contributed by atoms with Crippen LogP contribution in [0.4, 0.5) is 8.78 Å². The first-order valence-electron chi connectivity index (χ1n) is 5.76. The van der Waals surface area contributed by atoms with Crippen molar-refractivity contribution in [3.63, 3.8) is 0 Å². The Morgan fingerprint density at radius 2 is 1.55 bits per heavy atom. The van der Waals surface area contributed by atoms with Crippen molar-refractivity contribution in [2.75, 3.05) is 0 Å². The molecule has 4 nitrogen and oxygen atoms in total. The number of alkyl halides is 2. The van der Waals surface area contributed by atoms with Gasteiger partial charge < -0.3 is 4.74 Å². The van der Waals surface area contributed by atoms with Gasteiger partial charge >= 0.3 is 12.0 Å². The average Bonchev–Trinajstić information content (AvgIpc) is 2.47. The van der Waals surface area contributed by atoms with E-state index in [0.717, 1.165) is 11.1 Å². The predicted octanol–water partition coefficient (Wildman–Crippen LogP) is 2.32. The van der Waals surface area contributed by atoms with Gasteiger partial charge in [0.05, 0.1) is 0 Å². The third-order valence-electron chi connectivity index (χ3n) is 2.60. The lowest BCUT2D eigenvalue weighted by molar-refractivity contribution is -0.192. The highest BCUT2D eigenvalue weighted by Gasteiger charge is 2.41. The number of rotatable bonds is 4. The normalized spacial score (nSPS) is 10.9. The average molecular weight is 278 g/mol. The van der Waals surface area contributed by atoms with Gasteiger partial charge in [0.25, 0.3) is 0 Å². The van der Waals surface area contributed by atoms with E-state index in [0.29, 0.717) is 0 Å². The van der Waals surface area contributed by atoms with Crippen LogP contribution in [-0.4, -0.2) is 12.0 Å². The molecule has 104 valence electrons. The maximum Gasteiger partial charge on any atom is 0.483 e. The smallest absolute Gasteiger partial charge is 0.425 e. The molecular formula is C14H12F2N2O2. The molecule has 3 N–H and O–H groups in total. The third-order valence-corrected chi connectivity index (χ3v) is 2.60. The van der Waals surface area contributed by atoms with Crippen molar-refractivity contribution >= 4 is 5.91 Å². The minimum Gasteiger partial charge on any atom is -0.425 e. The van der Waals surface area contributed by atoms with Crippen LogP contribution in [0.25, 0.3) is 11.1 Å². The number of halogens is 2. The van der Waals surface area contributed by atoms with Crippen molar-refractivity contribution in [2.24, 2.45) is 5.84 Å². The van der Waals surface area contributed by atoms with Gasteiger partial charge in [-0.3, -0.25) is 10.2 Å². The Morgan fingerprint density at radius 3 is 2.10 bits per heavy atom. The molecule has 0 saturated carbocycles. The van der Waals surface area contributed by atoms with Crippen LogP contribution in [0.3, 0.4) is 0 Å². The summed E-state index contributed by atoms with van der Waals surface area (Å²) in [5.74, 6) is 2.82. The molecule has 0 aliphatic heterocycles. The number of hydrazine groups is 1. The van der Waals surface area contributed by atoms with Crippen LogP contribution in [0.1, 0.15) is 0 Å². The molecule has 0 fully saturated rings. The first kappa shape index (κ1) is 14.0. The Bertz CT molecular complexity index is 586. The second-order valence-corrected chi connectivity index (χ2v) is 3.98. The van der Waals surface area contributed by atoms with Crippen molar-refractivity contribution in [2.45, 2.75) is 6.11 Å². The van der Waals surface area contributed by atoms with E-state index >= 15 is 0 Å². The number of carbonyl (C=O) groups is 1. The number of ether oxygens (including phenoxy) is 1. The van der Waals surface area contributed by atoms with Gasteiger partial charge in [0.1, 0.15) is 5.75 Å². The van der Waals surface area contributed by atoms with Crippen molar-refractivity contribution in [3.8, 4) is 16.9 Å². The summed E-state index contributed by atoms with van der Waals surface area (Å²) in [6.07, 6.45) is -4.01. The largest absolute Gasteiger partial charge is 0.483 e. The van der Waals surface area contributed by atoms with Gasteiger partial charge in [-0.05, 0) is 23.3 Å². The molecule has 0 saturated heterocycles. The molecule has 0 bridgehead atoms. The maximum absolute atomic E-state index is 13.2. The Morgan fingerprint density at radius 1 is 1.00 bits per heavy atom. The Balaban J connectivity index is 2.15. The van der Waals surface area contributed by atoms with Crippen LogP contribution in [0, 0.1) is 0 Å². The van der Waals surface area contributed by atoms with Gasteiger partial charge in [-0.2, -0.15) is 8.78 Å². The molecule has 0 aromatic heterocycles. The zero-order chi connectivity index (χ0) is 14.6. The van der Waals surface area contributed by atoms with Gasteiger partial charge in [-0.25, -0.2) is 5.84 Å². The minimum atomic E-state index is -4.01. The zero-order valence-electron chi connectivity index (χ0n) is 10.3. The summed E-state index contributed by atoms with van der Waals surface area (Å²) in [5, 5.41) is 0. The van der Waals surface area contributed by atoms with E-state index in [1.165, 1.54) is 17.6 Å². The molecule has 2 aromatic carbocycles. The Hall–Kier alpha value is -2.47. The lowest BCUT2D eigenvalue weighted by Crippen LogP contribution is -2.47. The van der Waals surface area contributed by atoms with Gasteiger partial charge in [-0.1, -0.05) is 42.5 Å². The fourth-order valence-corrected chi connectivity index (χ4v) is 1.62. The van der Waals surface area contributed by atoms with E-state index in [2.05, 4.69) is 10.6 Å². The third kappa shape index (κ3) is 3.10. The summed E-state index contributed by atoms with van der Waals surface area (Å²) in [6.45, 7) is 0. The van der Waals surface area contributed by atoms with Crippen molar-refractivity contribution in [3.05, 3.63) is 54.6 Å². The highest BCUT2D eigenvalue weighted by atomic mass is 19.3. The number of nitrogens with two attached hydrogens (primary N) is 1. The van der Waals surface area contributed by atoms with Gasteiger partial charge in [0.2, 0.25) is 0 Å². The van der Waals surface area contributed by atoms with Crippen LogP contribution in [-0.2, 0) is 4.79 Å². The minimum absolute atomic E-state index is 0.127. The second-order valence-electron chi connectivity index (χ2n) is 3.98.